The fourth-order valence-electron chi connectivity index (χ4n) is 2.02. The number of hydrogen-bond acceptors (Lipinski definition) is 3. The van der Waals surface area contributed by atoms with Gasteiger partial charge in [-0.25, -0.2) is 0 Å². The van der Waals surface area contributed by atoms with Crippen molar-refractivity contribution in [3.8, 4) is 0 Å². The van der Waals surface area contributed by atoms with Gasteiger partial charge in [0.25, 0.3) is 5.91 Å². The monoisotopic (exact) mass is 267 g/mol. The molecule has 20 heavy (non-hydrogen) atoms. The molecular formula is C16H17N3O. The third-order valence-electron chi connectivity index (χ3n) is 3.32. The highest BCUT2D eigenvalue weighted by molar-refractivity contribution is 5.99. The molecule has 0 atom stereocenters. The second-order valence-corrected chi connectivity index (χ2v) is 5.00. The first kappa shape index (κ1) is 12.7. The largest absolute Gasteiger partial charge is 0.380 e. The van der Waals surface area contributed by atoms with Crippen LogP contribution in [0, 0.1) is 0 Å². The molecule has 2 N–H and O–H groups in total. The van der Waals surface area contributed by atoms with Gasteiger partial charge in [0.15, 0.2) is 0 Å². The molecule has 0 spiro atoms. The van der Waals surface area contributed by atoms with Gasteiger partial charge >= 0.3 is 0 Å². The Morgan fingerprint density at radius 3 is 2.65 bits per heavy atom. The van der Waals surface area contributed by atoms with Crippen LogP contribution >= 0.6 is 0 Å². The molecule has 1 aliphatic carbocycles. The van der Waals surface area contributed by atoms with Crippen molar-refractivity contribution in [3.63, 3.8) is 0 Å². The van der Waals surface area contributed by atoms with E-state index >= 15 is 0 Å². The molecule has 0 bridgehead atoms. The second-order valence-electron chi connectivity index (χ2n) is 5.00. The average Bonchev–Trinajstić information content (AvgIpc) is 3.30. The summed E-state index contributed by atoms with van der Waals surface area (Å²) < 4.78 is 0. The fourth-order valence-corrected chi connectivity index (χ4v) is 2.02. The number of nitrogens with one attached hydrogen (secondary N) is 2. The number of carbonyl (C=O) groups is 1. The van der Waals surface area contributed by atoms with E-state index in [9.17, 15) is 4.79 Å². The van der Waals surface area contributed by atoms with E-state index in [0.29, 0.717) is 18.2 Å². The summed E-state index contributed by atoms with van der Waals surface area (Å²) in [6.07, 6.45) is 5.72. The summed E-state index contributed by atoms with van der Waals surface area (Å²) in [6, 6.07) is 11.9. The molecule has 3 rings (SSSR count). The van der Waals surface area contributed by atoms with Crippen molar-refractivity contribution >= 4 is 11.6 Å². The van der Waals surface area contributed by atoms with Gasteiger partial charge in [-0.05, 0) is 42.7 Å². The first-order chi connectivity index (χ1) is 9.83. The van der Waals surface area contributed by atoms with E-state index in [1.54, 1.807) is 12.4 Å². The van der Waals surface area contributed by atoms with Crippen LogP contribution < -0.4 is 10.6 Å². The van der Waals surface area contributed by atoms with Crippen molar-refractivity contribution in [1.29, 1.82) is 0 Å². The molecule has 102 valence electrons. The van der Waals surface area contributed by atoms with E-state index in [-0.39, 0.29) is 5.91 Å². The Kier molecular flexibility index (Phi) is 3.63. The quantitative estimate of drug-likeness (QED) is 0.875. The lowest BCUT2D eigenvalue weighted by Crippen LogP contribution is -2.26. The number of carbonyl (C=O) groups excluding carboxylic acids is 1. The number of rotatable bonds is 5. The number of amides is 1. The van der Waals surface area contributed by atoms with E-state index in [4.69, 9.17) is 0 Å². The number of hydrogen-bond donors (Lipinski definition) is 2. The minimum Gasteiger partial charge on any atom is -0.380 e. The molecule has 1 amide bonds. The Morgan fingerprint density at radius 1 is 1.15 bits per heavy atom. The summed E-state index contributed by atoms with van der Waals surface area (Å²) in [4.78, 5) is 16.2. The first-order valence-electron chi connectivity index (χ1n) is 6.85. The minimum atomic E-state index is 0.00493. The van der Waals surface area contributed by atoms with Gasteiger partial charge < -0.3 is 10.6 Å². The SMILES string of the molecule is O=C(NC1CC1)c1ccccc1NCc1ccncc1. The van der Waals surface area contributed by atoms with Gasteiger partial charge in [-0.1, -0.05) is 12.1 Å². The molecule has 4 nitrogen and oxygen atoms in total. The zero-order valence-corrected chi connectivity index (χ0v) is 11.2. The third-order valence-corrected chi connectivity index (χ3v) is 3.32. The van der Waals surface area contributed by atoms with Crippen LogP contribution in [0.4, 0.5) is 5.69 Å². The van der Waals surface area contributed by atoms with Crippen LogP contribution in [0.15, 0.2) is 48.8 Å². The molecule has 1 aromatic carbocycles. The van der Waals surface area contributed by atoms with Gasteiger partial charge in [0.1, 0.15) is 0 Å². The smallest absolute Gasteiger partial charge is 0.253 e. The maximum atomic E-state index is 12.2. The van der Waals surface area contributed by atoms with Gasteiger partial charge in [0, 0.05) is 30.7 Å². The summed E-state index contributed by atoms with van der Waals surface area (Å²) in [5, 5.41) is 6.34. The maximum Gasteiger partial charge on any atom is 0.253 e. The summed E-state index contributed by atoms with van der Waals surface area (Å²) in [6.45, 7) is 0.677. The van der Waals surface area contributed by atoms with E-state index in [2.05, 4.69) is 15.6 Å². The number of para-hydroxylation sites is 1. The molecule has 1 heterocycles. The van der Waals surface area contributed by atoms with Crippen molar-refractivity contribution < 1.29 is 4.79 Å². The number of nitrogens with zero attached hydrogens (tertiary/aromatic N) is 1. The highest BCUT2D eigenvalue weighted by Gasteiger charge is 2.24. The molecule has 2 aromatic rings. The van der Waals surface area contributed by atoms with Crippen LogP contribution in [0.3, 0.4) is 0 Å². The van der Waals surface area contributed by atoms with Crippen molar-refractivity contribution in [2.75, 3.05) is 5.32 Å². The zero-order chi connectivity index (χ0) is 13.8. The van der Waals surface area contributed by atoms with Gasteiger partial charge in [-0.15, -0.1) is 0 Å². The lowest BCUT2D eigenvalue weighted by molar-refractivity contribution is 0.0952. The number of aromatic nitrogens is 1. The van der Waals surface area contributed by atoms with E-state index < -0.39 is 0 Å². The topological polar surface area (TPSA) is 54.0 Å². The van der Waals surface area contributed by atoms with Gasteiger partial charge in [0.05, 0.1) is 5.56 Å². The van der Waals surface area contributed by atoms with E-state index in [1.165, 1.54) is 0 Å². The Balaban J connectivity index is 1.70. The molecule has 1 aromatic heterocycles. The number of pyridine rings is 1. The average molecular weight is 267 g/mol. The van der Waals surface area contributed by atoms with Crippen molar-refractivity contribution in [2.45, 2.75) is 25.4 Å². The highest BCUT2D eigenvalue weighted by Crippen LogP contribution is 2.21. The number of benzene rings is 1. The molecule has 0 aliphatic heterocycles. The molecule has 0 unspecified atom stereocenters. The van der Waals surface area contributed by atoms with Crippen LogP contribution in [0.5, 0.6) is 0 Å². The summed E-state index contributed by atoms with van der Waals surface area (Å²) in [7, 11) is 0. The minimum absolute atomic E-state index is 0.00493. The Morgan fingerprint density at radius 2 is 1.90 bits per heavy atom. The van der Waals surface area contributed by atoms with Crippen molar-refractivity contribution in [1.82, 2.24) is 10.3 Å². The maximum absolute atomic E-state index is 12.2. The van der Waals surface area contributed by atoms with Crippen molar-refractivity contribution in [2.24, 2.45) is 0 Å². The Labute approximate surface area is 118 Å². The molecular weight excluding hydrogens is 250 g/mol. The van der Waals surface area contributed by atoms with Crippen LogP contribution in [-0.2, 0) is 6.54 Å². The highest BCUT2D eigenvalue weighted by atomic mass is 16.1. The lowest BCUT2D eigenvalue weighted by Gasteiger charge is -2.12. The van der Waals surface area contributed by atoms with Crippen molar-refractivity contribution in [3.05, 3.63) is 59.9 Å². The second kappa shape index (κ2) is 5.74. The van der Waals surface area contributed by atoms with Crippen LogP contribution in [0.2, 0.25) is 0 Å². The molecule has 1 saturated carbocycles. The third kappa shape index (κ3) is 3.15. The Hall–Kier alpha value is -2.36. The van der Waals surface area contributed by atoms with Crippen LogP contribution in [-0.4, -0.2) is 16.9 Å². The van der Waals surface area contributed by atoms with Gasteiger partial charge in [-0.3, -0.25) is 9.78 Å². The van der Waals surface area contributed by atoms with Crippen LogP contribution in [0.25, 0.3) is 0 Å². The van der Waals surface area contributed by atoms with Gasteiger partial charge in [0.2, 0.25) is 0 Å². The molecule has 1 aliphatic rings. The predicted octanol–water partition coefficient (Wildman–Crippen LogP) is 2.59. The summed E-state index contributed by atoms with van der Waals surface area (Å²) >= 11 is 0. The first-order valence-corrected chi connectivity index (χ1v) is 6.85. The fraction of sp³-hybridized carbons (Fsp3) is 0.250. The molecule has 0 radical (unpaired) electrons. The molecule has 1 fully saturated rings. The normalized spacial score (nSPS) is 13.8. The summed E-state index contributed by atoms with van der Waals surface area (Å²) in [5.41, 5.74) is 2.70. The molecule has 4 heteroatoms. The predicted molar refractivity (Wildman–Crippen MR) is 78.5 cm³/mol. The van der Waals surface area contributed by atoms with E-state index in [1.807, 2.05) is 36.4 Å². The van der Waals surface area contributed by atoms with Gasteiger partial charge in [-0.2, -0.15) is 0 Å². The Bertz CT molecular complexity index is 594. The lowest BCUT2D eigenvalue weighted by atomic mass is 10.1. The van der Waals surface area contributed by atoms with Crippen LogP contribution in [0.1, 0.15) is 28.8 Å². The standard InChI is InChI=1S/C16H17N3O/c20-16(19-13-5-6-13)14-3-1-2-4-15(14)18-11-12-7-9-17-10-8-12/h1-4,7-10,13,18H,5-6,11H2,(H,19,20). The van der Waals surface area contributed by atoms with E-state index in [0.717, 1.165) is 24.1 Å². The zero-order valence-electron chi connectivity index (χ0n) is 11.2. The molecule has 0 saturated heterocycles. The summed E-state index contributed by atoms with van der Waals surface area (Å²) in [5.74, 6) is 0.00493. The number of anilines is 1.